The fourth-order valence-electron chi connectivity index (χ4n) is 3.09. The molecule has 0 aliphatic heterocycles. The third kappa shape index (κ3) is 6.52. The first kappa shape index (κ1) is 20.0. The van der Waals surface area contributed by atoms with E-state index < -0.39 is 0 Å². The highest BCUT2D eigenvalue weighted by molar-refractivity contribution is 5.79. The van der Waals surface area contributed by atoms with Crippen molar-refractivity contribution in [1.82, 2.24) is 25.3 Å². The maximum Gasteiger partial charge on any atom is 0.191 e. The highest BCUT2D eigenvalue weighted by atomic mass is 15.3. The largest absolute Gasteiger partial charge is 0.356 e. The van der Waals surface area contributed by atoms with Crippen molar-refractivity contribution in [2.75, 3.05) is 34.2 Å². The monoisotopic (exact) mass is 356 g/mol. The number of rotatable bonds is 8. The van der Waals surface area contributed by atoms with Crippen molar-refractivity contribution in [2.24, 2.45) is 10.4 Å². The molecule has 0 saturated carbocycles. The number of benzene rings is 1. The Labute approximate surface area is 157 Å². The summed E-state index contributed by atoms with van der Waals surface area (Å²) >= 11 is 0. The number of nitrogens with zero attached hydrogens (tertiary/aromatic N) is 4. The molecule has 0 bridgehead atoms. The van der Waals surface area contributed by atoms with Gasteiger partial charge in [-0.3, -0.25) is 9.67 Å². The molecule has 0 spiro atoms. The van der Waals surface area contributed by atoms with Gasteiger partial charge in [-0.25, -0.2) is 0 Å². The van der Waals surface area contributed by atoms with E-state index in [0.717, 1.165) is 32.1 Å². The molecule has 0 aliphatic carbocycles. The summed E-state index contributed by atoms with van der Waals surface area (Å²) < 4.78 is 1.94. The average molecular weight is 357 g/mol. The van der Waals surface area contributed by atoms with Crippen LogP contribution in [-0.2, 0) is 13.1 Å². The van der Waals surface area contributed by atoms with Crippen LogP contribution in [0.25, 0.3) is 0 Å². The quantitative estimate of drug-likeness (QED) is 0.562. The molecule has 6 heteroatoms. The Balaban J connectivity index is 1.92. The van der Waals surface area contributed by atoms with Crippen LogP contribution in [0.15, 0.2) is 47.7 Å². The Hall–Kier alpha value is -2.34. The first-order valence-electron chi connectivity index (χ1n) is 9.03. The molecule has 0 atom stereocenters. The van der Waals surface area contributed by atoms with Crippen molar-refractivity contribution in [1.29, 1.82) is 0 Å². The zero-order chi connectivity index (χ0) is 19.0. The number of aromatic nitrogens is 2. The van der Waals surface area contributed by atoms with Crippen molar-refractivity contribution >= 4 is 5.96 Å². The molecule has 26 heavy (non-hydrogen) atoms. The van der Waals surface area contributed by atoms with Gasteiger partial charge in [-0.2, -0.15) is 5.10 Å². The molecular weight excluding hydrogens is 324 g/mol. The summed E-state index contributed by atoms with van der Waals surface area (Å²) in [6, 6.07) is 10.4. The van der Waals surface area contributed by atoms with Gasteiger partial charge in [0.05, 0.1) is 6.54 Å². The van der Waals surface area contributed by atoms with Crippen LogP contribution < -0.4 is 10.6 Å². The van der Waals surface area contributed by atoms with Gasteiger partial charge in [0.15, 0.2) is 5.96 Å². The summed E-state index contributed by atoms with van der Waals surface area (Å²) in [6.07, 6.45) is 3.79. The summed E-state index contributed by atoms with van der Waals surface area (Å²) in [5.74, 6) is 0.825. The number of nitrogens with one attached hydrogen (secondary N) is 2. The summed E-state index contributed by atoms with van der Waals surface area (Å²) in [5.41, 5.74) is 2.67. The Kier molecular flexibility index (Phi) is 7.21. The Morgan fingerprint density at radius 1 is 1.15 bits per heavy atom. The fraction of sp³-hybridized carbons (Fsp3) is 0.500. The van der Waals surface area contributed by atoms with Gasteiger partial charge in [0.25, 0.3) is 0 Å². The molecule has 2 N–H and O–H groups in total. The molecule has 2 rings (SSSR count). The predicted molar refractivity (Wildman–Crippen MR) is 108 cm³/mol. The molecule has 0 fully saturated rings. The molecule has 0 unspecified atom stereocenters. The van der Waals surface area contributed by atoms with Gasteiger partial charge in [-0.05, 0) is 36.7 Å². The van der Waals surface area contributed by atoms with Crippen LogP contribution in [0.1, 0.15) is 25.0 Å². The van der Waals surface area contributed by atoms with Gasteiger partial charge in [0, 0.05) is 39.1 Å². The number of hydrogen-bond acceptors (Lipinski definition) is 3. The first-order valence-corrected chi connectivity index (χ1v) is 9.03. The Morgan fingerprint density at radius 3 is 2.50 bits per heavy atom. The maximum atomic E-state index is 4.35. The van der Waals surface area contributed by atoms with Crippen LogP contribution in [0.5, 0.6) is 0 Å². The standard InChI is InChI=1S/C20H32N6/c1-20(2,16-25(4)5)15-23-19(21-3)22-13-17-9-6-7-10-18(17)14-26-12-8-11-24-26/h6-12H,13-16H2,1-5H3,(H2,21,22,23). The second-order valence-corrected chi connectivity index (χ2v) is 7.65. The summed E-state index contributed by atoms with van der Waals surface area (Å²) in [6.45, 7) is 7.89. The van der Waals surface area contributed by atoms with Gasteiger partial charge in [-0.1, -0.05) is 38.1 Å². The highest BCUT2D eigenvalue weighted by Gasteiger charge is 2.19. The number of guanidine groups is 1. The smallest absolute Gasteiger partial charge is 0.191 e. The van der Waals surface area contributed by atoms with Crippen LogP contribution in [0.4, 0.5) is 0 Å². The minimum Gasteiger partial charge on any atom is -0.356 e. The maximum absolute atomic E-state index is 4.35. The molecule has 0 saturated heterocycles. The Morgan fingerprint density at radius 2 is 1.88 bits per heavy atom. The molecule has 142 valence electrons. The predicted octanol–water partition coefficient (Wildman–Crippen LogP) is 2.18. The van der Waals surface area contributed by atoms with Crippen molar-refractivity contribution < 1.29 is 0 Å². The van der Waals surface area contributed by atoms with E-state index in [2.05, 4.69) is 77.8 Å². The third-order valence-corrected chi connectivity index (χ3v) is 4.16. The molecule has 0 radical (unpaired) electrons. The molecule has 0 amide bonds. The number of hydrogen-bond donors (Lipinski definition) is 2. The van der Waals surface area contributed by atoms with Crippen LogP contribution in [-0.4, -0.2) is 54.9 Å². The molecule has 1 aromatic carbocycles. The Bertz CT molecular complexity index is 688. The van der Waals surface area contributed by atoms with E-state index in [1.54, 1.807) is 0 Å². The minimum atomic E-state index is 0.166. The van der Waals surface area contributed by atoms with Crippen molar-refractivity contribution in [3.63, 3.8) is 0 Å². The average Bonchev–Trinajstić information content (AvgIpc) is 3.08. The lowest BCUT2D eigenvalue weighted by atomic mass is 9.93. The van der Waals surface area contributed by atoms with Crippen LogP contribution >= 0.6 is 0 Å². The van der Waals surface area contributed by atoms with E-state index in [1.807, 2.05) is 30.2 Å². The normalized spacial score (nSPS) is 12.5. The van der Waals surface area contributed by atoms with Gasteiger partial charge < -0.3 is 15.5 Å². The lowest BCUT2D eigenvalue weighted by Gasteiger charge is -2.29. The van der Waals surface area contributed by atoms with Crippen LogP contribution in [0.2, 0.25) is 0 Å². The molecule has 2 aromatic rings. The first-order chi connectivity index (χ1) is 12.4. The molecule has 1 aromatic heterocycles. The van der Waals surface area contributed by atoms with E-state index in [-0.39, 0.29) is 5.41 Å². The second-order valence-electron chi connectivity index (χ2n) is 7.65. The highest BCUT2D eigenvalue weighted by Crippen LogP contribution is 2.14. The van der Waals surface area contributed by atoms with Crippen molar-refractivity contribution in [2.45, 2.75) is 26.9 Å². The van der Waals surface area contributed by atoms with E-state index >= 15 is 0 Å². The number of aliphatic imine (C=N–C) groups is 1. The second kappa shape index (κ2) is 9.38. The molecule has 0 aliphatic rings. The van der Waals surface area contributed by atoms with E-state index in [0.29, 0.717) is 0 Å². The third-order valence-electron chi connectivity index (χ3n) is 4.16. The van der Waals surface area contributed by atoms with Gasteiger partial charge in [-0.15, -0.1) is 0 Å². The summed E-state index contributed by atoms with van der Waals surface area (Å²) in [5, 5.41) is 11.2. The zero-order valence-electron chi connectivity index (χ0n) is 16.7. The van der Waals surface area contributed by atoms with Crippen LogP contribution in [0.3, 0.4) is 0 Å². The topological polar surface area (TPSA) is 57.5 Å². The summed E-state index contributed by atoms with van der Waals surface area (Å²) in [7, 11) is 6.01. The fourth-order valence-corrected chi connectivity index (χ4v) is 3.09. The van der Waals surface area contributed by atoms with Crippen molar-refractivity contribution in [3.05, 3.63) is 53.9 Å². The van der Waals surface area contributed by atoms with E-state index in [1.165, 1.54) is 11.1 Å². The minimum absolute atomic E-state index is 0.166. The molecular formula is C20H32N6. The van der Waals surface area contributed by atoms with Crippen molar-refractivity contribution in [3.8, 4) is 0 Å². The van der Waals surface area contributed by atoms with E-state index in [4.69, 9.17) is 0 Å². The van der Waals surface area contributed by atoms with Crippen LogP contribution in [0, 0.1) is 5.41 Å². The molecule has 1 heterocycles. The SMILES string of the molecule is CN=C(NCc1ccccc1Cn1cccn1)NCC(C)(C)CN(C)C. The lowest BCUT2D eigenvalue weighted by Crippen LogP contribution is -2.44. The summed E-state index contributed by atoms with van der Waals surface area (Å²) in [4.78, 5) is 6.57. The van der Waals surface area contributed by atoms with E-state index in [9.17, 15) is 0 Å². The molecule has 6 nitrogen and oxygen atoms in total. The van der Waals surface area contributed by atoms with Gasteiger partial charge in [0.1, 0.15) is 0 Å². The lowest BCUT2D eigenvalue weighted by molar-refractivity contribution is 0.241. The zero-order valence-corrected chi connectivity index (χ0v) is 16.7. The van der Waals surface area contributed by atoms with Gasteiger partial charge in [0.2, 0.25) is 0 Å². The van der Waals surface area contributed by atoms with Gasteiger partial charge >= 0.3 is 0 Å².